The van der Waals surface area contributed by atoms with Gasteiger partial charge in [-0.1, -0.05) is 58.7 Å². The molecule has 0 bridgehead atoms. The number of benzene rings is 2. The quantitative estimate of drug-likeness (QED) is 0.221. The number of nitrogens with two attached hydrogens (primary N) is 2. The Morgan fingerprint density at radius 2 is 2.05 bits per heavy atom. The van der Waals surface area contributed by atoms with Gasteiger partial charge in [0.05, 0.1) is 18.6 Å². The number of nitrogens with one attached hydrogen (secondary N) is 1. The van der Waals surface area contributed by atoms with E-state index in [-0.39, 0.29) is 44.0 Å². The van der Waals surface area contributed by atoms with Crippen molar-refractivity contribution in [3.8, 4) is 11.1 Å². The van der Waals surface area contributed by atoms with E-state index >= 15 is 0 Å². The summed E-state index contributed by atoms with van der Waals surface area (Å²) in [7, 11) is 0. The van der Waals surface area contributed by atoms with Gasteiger partial charge in [-0.2, -0.15) is 0 Å². The van der Waals surface area contributed by atoms with E-state index in [4.69, 9.17) is 32.3 Å². The van der Waals surface area contributed by atoms with E-state index in [1.165, 1.54) is 6.07 Å². The third-order valence-electron chi connectivity index (χ3n) is 7.30. The second-order valence-corrected chi connectivity index (χ2v) is 10.1. The molecule has 1 aromatic heterocycles. The maximum atomic E-state index is 14.3. The minimum Gasteiger partial charge on any atom is -0.450 e. The monoisotopic (exact) mass is 540 g/mol. The zero-order chi connectivity index (χ0) is 27.3. The molecule has 9 nitrogen and oxygen atoms in total. The van der Waals surface area contributed by atoms with E-state index in [1.807, 2.05) is 31.2 Å². The van der Waals surface area contributed by atoms with Gasteiger partial charge in [0.2, 0.25) is 0 Å². The van der Waals surface area contributed by atoms with Crippen LogP contribution in [0, 0.1) is 12.3 Å². The highest BCUT2D eigenvalue weighted by Crippen LogP contribution is 2.52. The Hall–Kier alpha value is -3.24. The van der Waals surface area contributed by atoms with Crippen LogP contribution < -0.4 is 16.8 Å². The molecule has 1 fully saturated rings. The van der Waals surface area contributed by atoms with Crippen molar-refractivity contribution in [1.82, 2.24) is 10.5 Å². The second kappa shape index (κ2) is 11.7. The van der Waals surface area contributed by atoms with Crippen molar-refractivity contribution in [2.24, 2.45) is 16.9 Å². The van der Waals surface area contributed by atoms with Gasteiger partial charge in [-0.3, -0.25) is 4.79 Å². The molecule has 2 heterocycles. The van der Waals surface area contributed by atoms with Crippen molar-refractivity contribution in [3.63, 3.8) is 0 Å². The summed E-state index contributed by atoms with van der Waals surface area (Å²) < 4.78 is 10.2. The number of primary amides is 1. The lowest BCUT2D eigenvalue weighted by Crippen LogP contribution is -2.59. The number of aromatic nitrogens is 1. The van der Waals surface area contributed by atoms with Crippen molar-refractivity contribution < 1.29 is 24.0 Å². The third kappa shape index (κ3) is 5.33. The van der Waals surface area contributed by atoms with Gasteiger partial charge >= 0.3 is 6.09 Å². The van der Waals surface area contributed by atoms with Crippen LogP contribution in [0.4, 0.5) is 4.79 Å². The summed E-state index contributed by atoms with van der Waals surface area (Å²) in [6.45, 7) is 2.94. The first-order chi connectivity index (χ1) is 18.2. The molecule has 38 heavy (non-hydrogen) atoms. The summed E-state index contributed by atoms with van der Waals surface area (Å²) in [5.41, 5.74) is 10.9. The largest absolute Gasteiger partial charge is 0.450 e. The lowest BCUT2D eigenvalue weighted by Gasteiger charge is -2.49. The van der Waals surface area contributed by atoms with Gasteiger partial charge in [0.25, 0.3) is 0 Å². The minimum absolute atomic E-state index is 0.0169. The fraction of sp³-hybridized carbons (Fsp3) is 0.393. The predicted octanol–water partition coefficient (Wildman–Crippen LogP) is 4.08. The van der Waals surface area contributed by atoms with Gasteiger partial charge < -0.3 is 31.2 Å². The number of aliphatic hydroxyl groups is 1. The number of hydrogen-bond donors (Lipinski definition) is 4. The fourth-order valence-corrected chi connectivity index (χ4v) is 5.78. The topological polar surface area (TPSA) is 154 Å². The van der Waals surface area contributed by atoms with Crippen LogP contribution in [-0.4, -0.2) is 41.8 Å². The Labute approximate surface area is 226 Å². The van der Waals surface area contributed by atoms with Gasteiger partial charge in [-0.25, -0.2) is 4.79 Å². The van der Waals surface area contributed by atoms with Gasteiger partial charge in [0.15, 0.2) is 17.2 Å². The first-order valence-corrected chi connectivity index (χ1v) is 13.0. The average molecular weight is 541 g/mol. The zero-order valence-corrected chi connectivity index (χ0v) is 22.1. The number of amides is 1. The maximum absolute atomic E-state index is 14.3. The number of Topliss-reactive ketones (excluding diaryl/α,β-unsaturated/α-hetero) is 1. The Bertz CT molecular complexity index is 1300. The van der Waals surface area contributed by atoms with Crippen LogP contribution >= 0.6 is 11.6 Å². The molecule has 0 unspecified atom stereocenters. The summed E-state index contributed by atoms with van der Waals surface area (Å²) >= 11 is 6.79. The number of rotatable bonds is 10. The molecule has 3 aromatic rings. The van der Waals surface area contributed by atoms with Crippen molar-refractivity contribution >= 4 is 23.5 Å². The summed E-state index contributed by atoms with van der Waals surface area (Å²) in [4.78, 5) is 25.5. The maximum Gasteiger partial charge on any atom is 0.404 e. The molecule has 6 N–H and O–H groups in total. The summed E-state index contributed by atoms with van der Waals surface area (Å²) in [6, 6.07) is 14.7. The van der Waals surface area contributed by atoms with Crippen molar-refractivity contribution in [2.75, 3.05) is 19.7 Å². The number of halogens is 1. The Morgan fingerprint density at radius 3 is 2.71 bits per heavy atom. The third-order valence-corrected chi connectivity index (χ3v) is 7.61. The Kier molecular flexibility index (Phi) is 8.52. The standard InChI is InChI=1S/C28H33ClN4O5/c1-18-6-2-7-19(14-18)24-21(8-3-9-22(24)29)28(36,11-5-13-37-26(31)35)27(10-4-12-32-17-27)25(34)23-15-20(16-30)38-33-23/h2-3,6-9,14-15,32,36H,4-5,10-13,16-17,30H2,1H3,(H2,31,35)/t27-,28-/m0/s1. The molecule has 1 aliphatic rings. The number of hydrogen-bond acceptors (Lipinski definition) is 8. The highest BCUT2D eigenvalue weighted by molar-refractivity contribution is 6.33. The van der Waals surface area contributed by atoms with Crippen molar-refractivity contribution in [1.29, 1.82) is 0 Å². The molecule has 0 aliphatic carbocycles. The number of aryl methyl sites for hydroxylation is 1. The first-order valence-electron chi connectivity index (χ1n) is 12.6. The van der Waals surface area contributed by atoms with Crippen LogP contribution in [0.1, 0.15) is 53.1 Å². The lowest BCUT2D eigenvalue weighted by molar-refractivity contribution is -0.0902. The molecule has 0 saturated carbocycles. The molecule has 10 heteroatoms. The zero-order valence-electron chi connectivity index (χ0n) is 21.3. The number of ketones is 1. The molecule has 1 aliphatic heterocycles. The fourth-order valence-electron chi connectivity index (χ4n) is 5.50. The number of carbonyl (C=O) groups excluding carboxylic acids is 2. The summed E-state index contributed by atoms with van der Waals surface area (Å²) in [6.07, 6.45) is 0.471. The molecule has 4 rings (SSSR count). The molecule has 1 saturated heterocycles. The smallest absolute Gasteiger partial charge is 0.404 e. The molecule has 0 spiro atoms. The van der Waals surface area contributed by atoms with Crippen LogP contribution in [-0.2, 0) is 16.9 Å². The number of carbonyl (C=O) groups is 2. The van der Waals surface area contributed by atoms with Gasteiger partial charge in [0.1, 0.15) is 5.60 Å². The molecule has 2 aromatic carbocycles. The van der Waals surface area contributed by atoms with Crippen LogP contribution in [0.15, 0.2) is 53.1 Å². The van der Waals surface area contributed by atoms with Gasteiger partial charge in [0, 0.05) is 23.2 Å². The van der Waals surface area contributed by atoms with E-state index in [0.29, 0.717) is 41.3 Å². The van der Waals surface area contributed by atoms with E-state index < -0.39 is 17.1 Å². The number of nitrogens with zero attached hydrogens (tertiary/aromatic N) is 1. The normalized spacial score (nSPS) is 19.1. The van der Waals surface area contributed by atoms with E-state index in [0.717, 1.165) is 11.1 Å². The SMILES string of the molecule is Cc1cccc(-c2c(Cl)cccc2[C@@](O)(CCCOC(N)=O)[C@@]2(C(=O)c3cc(CN)on3)CCCNC2)c1. The predicted molar refractivity (Wildman–Crippen MR) is 144 cm³/mol. The Balaban J connectivity index is 1.92. The van der Waals surface area contributed by atoms with Crippen molar-refractivity contribution in [2.45, 2.75) is 44.8 Å². The van der Waals surface area contributed by atoms with E-state index in [2.05, 4.69) is 10.5 Å². The molecule has 0 radical (unpaired) electrons. The van der Waals surface area contributed by atoms with Gasteiger partial charge in [-0.05, 0) is 56.3 Å². The van der Waals surface area contributed by atoms with Crippen LogP contribution in [0.25, 0.3) is 11.1 Å². The minimum atomic E-state index is -1.73. The molecule has 1 amide bonds. The van der Waals surface area contributed by atoms with Crippen LogP contribution in [0.5, 0.6) is 0 Å². The van der Waals surface area contributed by atoms with E-state index in [1.54, 1.807) is 18.2 Å². The first kappa shape index (κ1) is 27.8. The van der Waals surface area contributed by atoms with Crippen LogP contribution in [0.2, 0.25) is 5.02 Å². The van der Waals surface area contributed by atoms with Gasteiger partial charge in [-0.15, -0.1) is 0 Å². The summed E-state index contributed by atoms with van der Waals surface area (Å²) in [5, 5.41) is 20.6. The number of piperidine rings is 1. The average Bonchev–Trinajstić information content (AvgIpc) is 3.40. The van der Waals surface area contributed by atoms with Crippen LogP contribution in [0.3, 0.4) is 0 Å². The Morgan fingerprint density at radius 1 is 1.26 bits per heavy atom. The molecular weight excluding hydrogens is 508 g/mol. The molecule has 2 atom stereocenters. The summed E-state index contributed by atoms with van der Waals surface area (Å²) in [5.74, 6) is 0.00973. The highest BCUT2D eigenvalue weighted by atomic mass is 35.5. The lowest BCUT2D eigenvalue weighted by atomic mass is 9.59. The second-order valence-electron chi connectivity index (χ2n) is 9.74. The number of ether oxygens (including phenoxy) is 1. The molecule has 202 valence electrons. The highest BCUT2D eigenvalue weighted by Gasteiger charge is 2.58. The molecular formula is C28H33ClN4O5. The van der Waals surface area contributed by atoms with E-state index in [9.17, 15) is 14.7 Å². The van der Waals surface area contributed by atoms with Crippen molar-refractivity contribution in [3.05, 3.63) is 76.1 Å².